The predicted octanol–water partition coefficient (Wildman–Crippen LogP) is 1.33. The third kappa shape index (κ3) is 5.12. The van der Waals surface area contributed by atoms with E-state index in [0.717, 1.165) is 30.9 Å². The molecule has 2 heterocycles. The van der Waals surface area contributed by atoms with E-state index in [1.807, 2.05) is 12.1 Å². The number of aromatic nitrogens is 1. The Morgan fingerprint density at radius 2 is 2.11 bits per heavy atom. The van der Waals surface area contributed by atoms with E-state index in [4.69, 9.17) is 16.7 Å². The number of nitrogens with two attached hydrogens (primary N) is 1. The van der Waals surface area contributed by atoms with Crippen molar-refractivity contribution in [3.8, 4) is 0 Å². The fourth-order valence-electron chi connectivity index (χ4n) is 3.05. The Kier molecular flexibility index (Phi) is 6.38. The molecule has 0 amide bonds. The van der Waals surface area contributed by atoms with Crippen LogP contribution >= 0.6 is 11.6 Å². The second-order valence-corrected chi connectivity index (χ2v) is 8.47. The summed E-state index contributed by atoms with van der Waals surface area (Å²) in [5.74, 6) is 1.47. The smallest absolute Gasteiger partial charge is 0.238 e. The van der Waals surface area contributed by atoms with E-state index in [-0.39, 0.29) is 10.9 Å². The molecule has 1 aliphatic heterocycles. The molecule has 1 saturated heterocycles. The molecule has 1 aromatic carbocycles. The lowest BCUT2D eigenvalue weighted by molar-refractivity contribution is 0.597. The number of guanidine groups is 1. The summed E-state index contributed by atoms with van der Waals surface area (Å²) in [5.41, 5.74) is 0.920. The van der Waals surface area contributed by atoms with Crippen molar-refractivity contribution in [3.05, 3.63) is 53.2 Å². The van der Waals surface area contributed by atoms with E-state index < -0.39 is 10.0 Å². The van der Waals surface area contributed by atoms with Gasteiger partial charge in [-0.15, -0.1) is 0 Å². The normalized spacial score (nSPS) is 17.6. The van der Waals surface area contributed by atoms with Gasteiger partial charge in [-0.3, -0.25) is 4.99 Å². The molecule has 0 bridgehead atoms. The van der Waals surface area contributed by atoms with Crippen molar-refractivity contribution >= 4 is 33.4 Å². The molecule has 1 aliphatic rings. The van der Waals surface area contributed by atoms with Crippen LogP contribution in [0.3, 0.4) is 0 Å². The first-order chi connectivity index (χ1) is 13.4. The number of aliphatic imine (C=N–C) groups is 1. The summed E-state index contributed by atoms with van der Waals surface area (Å²) in [5, 5.41) is 12.4. The number of pyridine rings is 1. The fourth-order valence-corrected chi connectivity index (χ4v) is 3.81. The monoisotopic (exact) mass is 422 g/mol. The van der Waals surface area contributed by atoms with Crippen LogP contribution < -0.4 is 20.7 Å². The van der Waals surface area contributed by atoms with E-state index >= 15 is 0 Å². The van der Waals surface area contributed by atoms with Crippen LogP contribution in [0.15, 0.2) is 52.5 Å². The van der Waals surface area contributed by atoms with Crippen LogP contribution in [0.2, 0.25) is 5.02 Å². The van der Waals surface area contributed by atoms with Gasteiger partial charge in [0, 0.05) is 38.9 Å². The van der Waals surface area contributed by atoms with E-state index in [1.165, 1.54) is 12.1 Å². The average Bonchev–Trinajstić information content (AvgIpc) is 3.13. The van der Waals surface area contributed by atoms with Crippen molar-refractivity contribution in [1.82, 2.24) is 15.6 Å². The van der Waals surface area contributed by atoms with Gasteiger partial charge in [0.2, 0.25) is 10.0 Å². The Morgan fingerprint density at radius 3 is 2.75 bits per heavy atom. The number of primary sulfonamides is 1. The maximum atomic E-state index is 11.3. The maximum absolute atomic E-state index is 11.3. The van der Waals surface area contributed by atoms with Gasteiger partial charge >= 0.3 is 0 Å². The van der Waals surface area contributed by atoms with Gasteiger partial charge in [0.15, 0.2) is 5.96 Å². The summed E-state index contributed by atoms with van der Waals surface area (Å²) in [6, 6.07) is 10.3. The zero-order valence-corrected chi connectivity index (χ0v) is 17.0. The summed E-state index contributed by atoms with van der Waals surface area (Å²) < 4.78 is 22.6. The first-order valence-electron chi connectivity index (χ1n) is 8.81. The molecule has 1 aromatic heterocycles. The summed E-state index contributed by atoms with van der Waals surface area (Å²) >= 11 is 6.24. The van der Waals surface area contributed by atoms with Crippen LogP contribution in [0.5, 0.6) is 0 Å². The van der Waals surface area contributed by atoms with E-state index in [2.05, 4.69) is 25.5 Å². The first kappa shape index (κ1) is 20.4. The van der Waals surface area contributed by atoms with Crippen LogP contribution in [-0.2, 0) is 16.6 Å². The highest BCUT2D eigenvalue weighted by Gasteiger charge is 2.25. The van der Waals surface area contributed by atoms with E-state index in [1.54, 1.807) is 25.4 Å². The molecule has 1 fully saturated rings. The Bertz CT molecular complexity index is 949. The lowest BCUT2D eigenvalue weighted by atomic mass is 10.2. The maximum Gasteiger partial charge on any atom is 0.238 e. The van der Waals surface area contributed by atoms with E-state index in [9.17, 15) is 8.42 Å². The van der Waals surface area contributed by atoms with Crippen molar-refractivity contribution in [3.63, 3.8) is 0 Å². The lowest BCUT2D eigenvalue weighted by Gasteiger charge is -2.20. The van der Waals surface area contributed by atoms with Crippen LogP contribution in [0.1, 0.15) is 12.0 Å². The Morgan fingerprint density at radius 1 is 1.36 bits per heavy atom. The number of rotatable bonds is 5. The van der Waals surface area contributed by atoms with Gasteiger partial charge in [0.1, 0.15) is 5.82 Å². The highest BCUT2D eigenvalue weighted by atomic mass is 35.5. The zero-order valence-electron chi connectivity index (χ0n) is 15.5. The molecule has 0 aliphatic carbocycles. The van der Waals surface area contributed by atoms with Gasteiger partial charge in [-0.25, -0.2) is 18.5 Å². The second-order valence-electron chi connectivity index (χ2n) is 6.50. The number of nitrogens with one attached hydrogen (secondary N) is 2. The van der Waals surface area contributed by atoms with Crippen molar-refractivity contribution in [2.45, 2.75) is 23.9 Å². The molecular formula is C18H23ClN6O2S. The molecule has 0 radical (unpaired) electrons. The van der Waals surface area contributed by atoms with Crippen LogP contribution in [0.4, 0.5) is 5.82 Å². The van der Waals surface area contributed by atoms with Gasteiger partial charge in [-0.05, 0) is 36.2 Å². The Balaban J connectivity index is 1.53. The SMILES string of the molecule is CN=C(NCc1ccc(S(N)(=O)=O)cc1)NC1CCN(c2ncccc2Cl)C1. The van der Waals surface area contributed by atoms with Gasteiger partial charge < -0.3 is 15.5 Å². The third-order valence-electron chi connectivity index (χ3n) is 4.50. The molecular weight excluding hydrogens is 400 g/mol. The Hall–Kier alpha value is -2.36. The fraction of sp³-hybridized carbons (Fsp3) is 0.333. The van der Waals surface area contributed by atoms with Crippen molar-refractivity contribution < 1.29 is 8.42 Å². The van der Waals surface area contributed by atoms with Gasteiger partial charge in [0.25, 0.3) is 0 Å². The average molecular weight is 423 g/mol. The number of halogens is 1. The standard InChI is InChI=1S/C18H23ClN6O2S/c1-21-18(23-11-13-4-6-15(7-5-13)28(20,26)27)24-14-8-10-25(12-14)17-16(19)3-2-9-22-17/h2-7,9,14H,8,10-12H2,1H3,(H2,20,26,27)(H2,21,23,24). The van der Waals surface area contributed by atoms with Crippen molar-refractivity contribution in [2.75, 3.05) is 25.0 Å². The molecule has 10 heteroatoms. The summed E-state index contributed by atoms with van der Waals surface area (Å²) in [7, 11) is -1.97. The molecule has 1 unspecified atom stereocenters. The molecule has 3 rings (SSSR count). The number of anilines is 1. The molecule has 28 heavy (non-hydrogen) atoms. The quantitative estimate of drug-likeness (QED) is 0.495. The number of hydrogen-bond acceptors (Lipinski definition) is 5. The first-order valence-corrected chi connectivity index (χ1v) is 10.7. The van der Waals surface area contributed by atoms with Crippen LogP contribution in [-0.4, -0.2) is 45.5 Å². The van der Waals surface area contributed by atoms with Crippen LogP contribution in [0.25, 0.3) is 0 Å². The number of sulfonamides is 1. The number of hydrogen-bond donors (Lipinski definition) is 3. The minimum Gasteiger partial charge on any atom is -0.353 e. The molecule has 8 nitrogen and oxygen atoms in total. The number of benzene rings is 1. The zero-order chi connectivity index (χ0) is 20.1. The highest BCUT2D eigenvalue weighted by molar-refractivity contribution is 7.89. The van der Waals surface area contributed by atoms with Crippen molar-refractivity contribution in [1.29, 1.82) is 0 Å². The lowest BCUT2D eigenvalue weighted by Crippen LogP contribution is -2.44. The molecule has 2 aromatic rings. The summed E-state index contributed by atoms with van der Waals surface area (Å²) in [4.78, 5) is 10.9. The van der Waals surface area contributed by atoms with Gasteiger partial charge in [-0.1, -0.05) is 23.7 Å². The molecule has 4 N–H and O–H groups in total. The van der Waals surface area contributed by atoms with E-state index in [0.29, 0.717) is 17.5 Å². The van der Waals surface area contributed by atoms with Crippen molar-refractivity contribution in [2.24, 2.45) is 10.1 Å². The summed E-state index contributed by atoms with van der Waals surface area (Å²) in [6.45, 7) is 2.15. The predicted molar refractivity (Wildman–Crippen MR) is 111 cm³/mol. The Labute approximate surface area is 169 Å². The van der Waals surface area contributed by atoms with Gasteiger partial charge in [0.05, 0.1) is 9.92 Å². The molecule has 150 valence electrons. The molecule has 0 saturated carbocycles. The van der Waals surface area contributed by atoms with Crippen LogP contribution in [0, 0.1) is 0 Å². The largest absolute Gasteiger partial charge is 0.353 e. The van der Waals surface area contributed by atoms with Gasteiger partial charge in [-0.2, -0.15) is 0 Å². The molecule has 0 spiro atoms. The highest BCUT2D eigenvalue weighted by Crippen LogP contribution is 2.25. The second kappa shape index (κ2) is 8.76. The number of nitrogens with zero attached hydrogens (tertiary/aromatic N) is 3. The minimum absolute atomic E-state index is 0.0954. The minimum atomic E-state index is -3.68. The topological polar surface area (TPSA) is 113 Å². The summed E-state index contributed by atoms with van der Waals surface area (Å²) in [6.07, 6.45) is 2.68. The molecule has 1 atom stereocenters. The third-order valence-corrected chi connectivity index (χ3v) is 5.73.